The largest absolute Gasteiger partial charge is 0.493 e. The molecule has 0 spiro atoms. The van der Waals surface area contributed by atoms with Gasteiger partial charge >= 0.3 is 0 Å². The van der Waals surface area contributed by atoms with Crippen LogP contribution in [-0.2, 0) is 0 Å². The first-order valence-electron chi connectivity index (χ1n) is 5.17. The Bertz CT molecular complexity index is 377. The fourth-order valence-corrected chi connectivity index (χ4v) is 1.86. The standard InChI is InChI=1S/C12H19NO3/c1-7-5-9(10(14)6-13)8(2)12(16-4)11(7)15-3/h5,10,14H,6,13H2,1-4H3. The summed E-state index contributed by atoms with van der Waals surface area (Å²) >= 11 is 0. The van der Waals surface area contributed by atoms with Crippen molar-refractivity contribution in [3.8, 4) is 11.5 Å². The number of nitrogens with two attached hydrogens (primary N) is 1. The van der Waals surface area contributed by atoms with E-state index in [1.54, 1.807) is 14.2 Å². The maximum absolute atomic E-state index is 9.80. The van der Waals surface area contributed by atoms with Crippen molar-refractivity contribution in [1.29, 1.82) is 0 Å². The fourth-order valence-electron chi connectivity index (χ4n) is 1.86. The molecule has 4 heteroatoms. The lowest BCUT2D eigenvalue weighted by molar-refractivity contribution is 0.185. The molecule has 0 aromatic heterocycles. The van der Waals surface area contributed by atoms with E-state index in [2.05, 4.69) is 0 Å². The van der Waals surface area contributed by atoms with Gasteiger partial charge in [0.1, 0.15) is 0 Å². The summed E-state index contributed by atoms with van der Waals surface area (Å²) in [6.07, 6.45) is -0.668. The lowest BCUT2D eigenvalue weighted by Gasteiger charge is -2.19. The Balaban J connectivity index is 3.39. The molecule has 0 fully saturated rings. The fraction of sp³-hybridized carbons (Fsp3) is 0.500. The second-order valence-corrected chi connectivity index (χ2v) is 3.73. The van der Waals surface area contributed by atoms with Crippen molar-refractivity contribution < 1.29 is 14.6 Å². The van der Waals surface area contributed by atoms with Gasteiger partial charge < -0.3 is 20.3 Å². The molecule has 0 aliphatic rings. The minimum Gasteiger partial charge on any atom is -0.493 e. The van der Waals surface area contributed by atoms with Gasteiger partial charge in [-0.3, -0.25) is 0 Å². The van der Waals surface area contributed by atoms with E-state index in [-0.39, 0.29) is 6.54 Å². The third kappa shape index (κ3) is 2.13. The van der Waals surface area contributed by atoms with Crippen LogP contribution in [0.25, 0.3) is 0 Å². The normalized spacial score (nSPS) is 12.4. The lowest BCUT2D eigenvalue weighted by atomic mass is 9.98. The van der Waals surface area contributed by atoms with Gasteiger partial charge in [-0.2, -0.15) is 0 Å². The van der Waals surface area contributed by atoms with Crippen LogP contribution in [0.15, 0.2) is 6.07 Å². The highest BCUT2D eigenvalue weighted by molar-refractivity contribution is 5.55. The predicted molar refractivity (Wildman–Crippen MR) is 63.0 cm³/mol. The number of aryl methyl sites for hydroxylation is 1. The van der Waals surface area contributed by atoms with Gasteiger partial charge in [0, 0.05) is 12.1 Å². The Morgan fingerprint density at radius 3 is 2.25 bits per heavy atom. The summed E-state index contributed by atoms with van der Waals surface area (Å²) in [4.78, 5) is 0. The highest BCUT2D eigenvalue weighted by atomic mass is 16.5. The van der Waals surface area contributed by atoms with Crippen molar-refractivity contribution in [1.82, 2.24) is 0 Å². The monoisotopic (exact) mass is 225 g/mol. The predicted octanol–water partition coefficient (Wildman–Crippen LogP) is 1.31. The Morgan fingerprint density at radius 1 is 1.25 bits per heavy atom. The quantitative estimate of drug-likeness (QED) is 0.811. The molecule has 3 N–H and O–H groups in total. The molecular formula is C12H19NO3. The summed E-state index contributed by atoms with van der Waals surface area (Å²) in [6.45, 7) is 3.98. The van der Waals surface area contributed by atoms with E-state index in [0.717, 1.165) is 16.7 Å². The molecule has 0 radical (unpaired) electrons. The molecule has 1 aromatic rings. The number of rotatable bonds is 4. The number of aliphatic hydroxyl groups excluding tert-OH is 1. The van der Waals surface area contributed by atoms with Gasteiger partial charge in [-0.15, -0.1) is 0 Å². The minimum atomic E-state index is -0.668. The second-order valence-electron chi connectivity index (χ2n) is 3.73. The maximum Gasteiger partial charge on any atom is 0.164 e. The zero-order valence-corrected chi connectivity index (χ0v) is 10.2. The average molecular weight is 225 g/mol. The molecule has 0 amide bonds. The van der Waals surface area contributed by atoms with E-state index < -0.39 is 6.10 Å². The summed E-state index contributed by atoms with van der Waals surface area (Å²) < 4.78 is 10.6. The number of ether oxygens (including phenoxy) is 2. The van der Waals surface area contributed by atoms with Gasteiger partial charge in [-0.05, 0) is 31.0 Å². The smallest absolute Gasteiger partial charge is 0.164 e. The van der Waals surface area contributed by atoms with Crippen LogP contribution in [0.3, 0.4) is 0 Å². The molecule has 0 bridgehead atoms. The Morgan fingerprint density at radius 2 is 1.81 bits per heavy atom. The summed E-state index contributed by atoms with van der Waals surface area (Å²) in [6, 6.07) is 1.88. The maximum atomic E-state index is 9.80. The van der Waals surface area contributed by atoms with Crippen LogP contribution in [-0.4, -0.2) is 25.9 Å². The molecule has 4 nitrogen and oxygen atoms in total. The van der Waals surface area contributed by atoms with Crippen LogP contribution in [0.5, 0.6) is 11.5 Å². The van der Waals surface area contributed by atoms with E-state index in [4.69, 9.17) is 15.2 Å². The van der Waals surface area contributed by atoms with Crippen molar-refractivity contribution in [2.75, 3.05) is 20.8 Å². The van der Waals surface area contributed by atoms with Gasteiger partial charge in [0.15, 0.2) is 11.5 Å². The minimum absolute atomic E-state index is 0.190. The topological polar surface area (TPSA) is 64.7 Å². The summed E-state index contributed by atoms with van der Waals surface area (Å²) in [7, 11) is 3.19. The molecule has 0 aliphatic heterocycles. The van der Waals surface area contributed by atoms with E-state index in [1.165, 1.54) is 0 Å². The van der Waals surface area contributed by atoms with Gasteiger partial charge in [-0.25, -0.2) is 0 Å². The number of hydrogen-bond acceptors (Lipinski definition) is 4. The van der Waals surface area contributed by atoms with Crippen molar-refractivity contribution in [3.05, 3.63) is 22.8 Å². The Kier molecular flexibility index (Phi) is 4.15. The Hall–Kier alpha value is -1.26. The summed E-state index contributed by atoms with van der Waals surface area (Å²) in [5.74, 6) is 1.36. The van der Waals surface area contributed by atoms with Gasteiger partial charge in [-0.1, -0.05) is 0 Å². The van der Waals surface area contributed by atoms with Crippen LogP contribution in [0.1, 0.15) is 22.8 Å². The summed E-state index contributed by atoms with van der Waals surface area (Å²) in [5.41, 5.74) is 8.04. The van der Waals surface area contributed by atoms with E-state index in [1.807, 2.05) is 19.9 Å². The zero-order chi connectivity index (χ0) is 12.3. The van der Waals surface area contributed by atoms with Crippen molar-refractivity contribution >= 4 is 0 Å². The first kappa shape index (κ1) is 12.8. The average Bonchev–Trinajstić information content (AvgIpc) is 2.29. The molecule has 1 unspecified atom stereocenters. The molecule has 1 rings (SSSR count). The highest BCUT2D eigenvalue weighted by Crippen LogP contribution is 2.38. The van der Waals surface area contributed by atoms with Crippen LogP contribution >= 0.6 is 0 Å². The molecule has 0 aliphatic carbocycles. The van der Waals surface area contributed by atoms with E-state index >= 15 is 0 Å². The van der Waals surface area contributed by atoms with Gasteiger partial charge in [0.25, 0.3) is 0 Å². The second kappa shape index (κ2) is 5.18. The third-order valence-corrected chi connectivity index (χ3v) is 2.70. The molecular weight excluding hydrogens is 206 g/mol. The van der Waals surface area contributed by atoms with Gasteiger partial charge in [0.2, 0.25) is 0 Å². The first-order valence-corrected chi connectivity index (χ1v) is 5.17. The third-order valence-electron chi connectivity index (χ3n) is 2.70. The van der Waals surface area contributed by atoms with Crippen LogP contribution in [0, 0.1) is 13.8 Å². The van der Waals surface area contributed by atoms with Crippen LogP contribution < -0.4 is 15.2 Å². The van der Waals surface area contributed by atoms with Crippen LogP contribution in [0.4, 0.5) is 0 Å². The molecule has 0 saturated carbocycles. The molecule has 1 atom stereocenters. The summed E-state index contributed by atoms with van der Waals surface area (Å²) in [5, 5.41) is 9.80. The molecule has 0 saturated heterocycles. The highest BCUT2D eigenvalue weighted by Gasteiger charge is 2.18. The number of benzene rings is 1. The van der Waals surface area contributed by atoms with E-state index in [0.29, 0.717) is 11.5 Å². The SMILES string of the molecule is COc1c(C)cc(C(O)CN)c(C)c1OC. The van der Waals surface area contributed by atoms with Crippen molar-refractivity contribution in [2.24, 2.45) is 5.73 Å². The lowest BCUT2D eigenvalue weighted by Crippen LogP contribution is -2.13. The number of methoxy groups -OCH3 is 2. The van der Waals surface area contributed by atoms with Crippen LogP contribution in [0.2, 0.25) is 0 Å². The first-order chi connectivity index (χ1) is 7.56. The molecule has 1 aromatic carbocycles. The van der Waals surface area contributed by atoms with E-state index in [9.17, 15) is 5.11 Å². The molecule has 0 heterocycles. The number of aliphatic hydroxyl groups is 1. The van der Waals surface area contributed by atoms with Crippen molar-refractivity contribution in [2.45, 2.75) is 20.0 Å². The molecule has 16 heavy (non-hydrogen) atoms. The van der Waals surface area contributed by atoms with Crippen molar-refractivity contribution in [3.63, 3.8) is 0 Å². The molecule has 90 valence electrons. The van der Waals surface area contributed by atoms with Gasteiger partial charge in [0.05, 0.1) is 20.3 Å². The zero-order valence-electron chi connectivity index (χ0n) is 10.2. The Labute approximate surface area is 96.0 Å². The number of hydrogen-bond donors (Lipinski definition) is 2.